The van der Waals surface area contributed by atoms with Crippen LogP contribution in [0.15, 0.2) is 24.3 Å². The van der Waals surface area contributed by atoms with Crippen molar-refractivity contribution >= 4 is 17.8 Å². The molecule has 0 saturated heterocycles. The summed E-state index contributed by atoms with van der Waals surface area (Å²) in [6.07, 6.45) is -1.49. The third-order valence-corrected chi connectivity index (χ3v) is 2.33. The van der Waals surface area contributed by atoms with E-state index in [9.17, 15) is 19.5 Å². The Morgan fingerprint density at radius 1 is 1.26 bits per heavy atom. The van der Waals surface area contributed by atoms with Gasteiger partial charge in [0, 0.05) is 0 Å². The van der Waals surface area contributed by atoms with Gasteiger partial charge in [0.2, 0.25) is 0 Å². The zero-order valence-electron chi connectivity index (χ0n) is 10.1. The Labute approximate surface area is 108 Å². The van der Waals surface area contributed by atoms with Crippen LogP contribution in [-0.4, -0.2) is 47.8 Å². The Morgan fingerprint density at radius 3 is 2.37 bits per heavy atom. The van der Waals surface area contributed by atoms with Crippen LogP contribution >= 0.6 is 0 Å². The minimum atomic E-state index is -1.49. The number of benzene rings is 1. The average Bonchev–Trinajstić information content (AvgIpc) is 2.43. The predicted octanol–water partition coefficient (Wildman–Crippen LogP) is -0.352. The fraction of sp³-hybridized carbons (Fsp3) is 0.250. The molecule has 7 heteroatoms. The lowest BCUT2D eigenvalue weighted by atomic mass is 10.1. The Bertz CT molecular complexity index is 499. The van der Waals surface area contributed by atoms with E-state index in [4.69, 9.17) is 5.11 Å². The largest absolute Gasteiger partial charge is 0.478 e. The molecule has 0 aliphatic carbocycles. The van der Waals surface area contributed by atoms with E-state index in [0.717, 1.165) is 7.11 Å². The summed E-state index contributed by atoms with van der Waals surface area (Å²) in [5.41, 5.74) is -0.209. The van der Waals surface area contributed by atoms with Crippen molar-refractivity contribution in [2.45, 2.75) is 6.10 Å². The van der Waals surface area contributed by atoms with E-state index in [1.54, 1.807) is 0 Å². The van der Waals surface area contributed by atoms with Gasteiger partial charge in [-0.1, -0.05) is 12.1 Å². The van der Waals surface area contributed by atoms with Crippen molar-refractivity contribution in [1.82, 2.24) is 5.32 Å². The van der Waals surface area contributed by atoms with E-state index >= 15 is 0 Å². The van der Waals surface area contributed by atoms with E-state index in [0.29, 0.717) is 0 Å². The first-order valence-corrected chi connectivity index (χ1v) is 5.33. The Hall–Kier alpha value is -2.41. The van der Waals surface area contributed by atoms with Gasteiger partial charge in [0.05, 0.1) is 24.8 Å². The van der Waals surface area contributed by atoms with Crippen molar-refractivity contribution in [1.29, 1.82) is 0 Å². The highest BCUT2D eigenvalue weighted by molar-refractivity contribution is 6.04. The molecule has 102 valence electrons. The van der Waals surface area contributed by atoms with Gasteiger partial charge in [-0.2, -0.15) is 0 Å². The minimum Gasteiger partial charge on any atom is -0.478 e. The summed E-state index contributed by atoms with van der Waals surface area (Å²) in [6, 6.07) is 5.62. The predicted molar refractivity (Wildman–Crippen MR) is 63.8 cm³/mol. The van der Waals surface area contributed by atoms with Gasteiger partial charge in [0.1, 0.15) is 0 Å². The van der Waals surface area contributed by atoms with Crippen LogP contribution in [0.1, 0.15) is 20.7 Å². The summed E-state index contributed by atoms with van der Waals surface area (Å²) in [6.45, 7) is -0.362. The molecule has 0 heterocycles. The normalized spacial score (nSPS) is 11.5. The number of ether oxygens (including phenoxy) is 1. The summed E-state index contributed by atoms with van der Waals surface area (Å²) >= 11 is 0. The maximum absolute atomic E-state index is 11.7. The summed E-state index contributed by atoms with van der Waals surface area (Å²) in [5.74, 6) is -2.81. The second-order valence-corrected chi connectivity index (χ2v) is 3.60. The minimum absolute atomic E-state index is 0.0490. The molecule has 1 aromatic rings. The molecule has 0 radical (unpaired) electrons. The standard InChI is InChI=1S/C12H13NO6/c1-19-12(18)9(14)6-13-10(15)7-4-2-3-5-8(7)11(16)17/h2-5,9,14H,6H2,1H3,(H,13,15)(H,16,17). The van der Waals surface area contributed by atoms with E-state index in [-0.39, 0.29) is 17.7 Å². The van der Waals surface area contributed by atoms with E-state index in [2.05, 4.69) is 10.1 Å². The first-order valence-electron chi connectivity index (χ1n) is 5.33. The number of methoxy groups -OCH3 is 1. The number of nitrogens with one attached hydrogen (secondary N) is 1. The second kappa shape index (κ2) is 6.50. The molecule has 0 saturated carbocycles. The van der Waals surface area contributed by atoms with Crippen molar-refractivity contribution < 1.29 is 29.3 Å². The molecule has 1 atom stereocenters. The number of aromatic carboxylic acids is 1. The van der Waals surface area contributed by atoms with Crippen molar-refractivity contribution in [3.05, 3.63) is 35.4 Å². The zero-order valence-corrected chi connectivity index (χ0v) is 10.1. The highest BCUT2D eigenvalue weighted by Gasteiger charge is 2.19. The number of carboxylic acid groups (broad SMARTS) is 1. The number of rotatable bonds is 5. The Balaban J connectivity index is 2.74. The van der Waals surface area contributed by atoms with Gasteiger partial charge in [-0.25, -0.2) is 9.59 Å². The number of aliphatic hydroxyl groups is 1. The molecule has 0 spiro atoms. The van der Waals surface area contributed by atoms with Crippen molar-refractivity contribution in [3.8, 4) is 0 Å². The lowest BCUT2D eigenvalue weighted by Gasteiger charge is -2.10. The topological polar surface area (TPSA) is 113 Å². The van der Waals surface area contributed by atoms with E-state index in [1.807, 2.05) is 0 Å². The number of carbonyl (C=O) groups is 3. The fourth-order valence-electron chi connectivity index (χ4n) is 1.37. The molecular weight excluding hydrogens is 254 g/mol. The van der Waals surface area contributed by atoms with Crippen LogP contribution in [-0.2, 0) is 9.53 Å². The Morgan fingerprint density at radius 2 is 1.84 bits per heavy atom. The first kappa shape index (κ1) is 14.7. The molecule has 0 fully saturated rings. The maximum Gasteiger partial charge on any atom is 0.336 e. The summed E-state index contributed by atoms with van der Waals surface area (Å²) in [4.78, 5) is 33.6. The highest BCUT2D eigenvalue weighted by Crippen LogP contribution is 2.08. The first-order chi connectivity index (χ1) is 8.97. The number of esters is 1. The third kappa shape index (κ3) is 3.78. The molecule has 0 aliphatic heterocycles. The van der Waals surface area contributed by atoms with Crippen molar-refractivity contribution in [2.24, 2.45) is 0 Å². The molecular formula is C12H13NO6. The number of hydrogen-bond donors (Lipinski definition) is 3. The molecule has 7 nitrogen and oxygen atoms in total. The molecule has 0 bridgehead atoms. The van der Waals surface area contributed by atoms with Crippen LogP contribution in [0.4, 0.5) is 0 Å². The SMILES string of the molecule is COC(=O)C(O)CNC(=O)c1ccccc1C(=O)O. The number of amides is 1. The molecule has 3 N–H and O–H groups in total. The molecule has 1 amide bonds. The smallest absolute Gasteiger partial charge is 0.336 e. The maximum atomic E-state index is 11.7. The third-order valence-electron chi connectivity index (χ3n) is 2.33. The van der Waals surface area contributed by atoms with Gasteiger partial charge in [-0.3, -0.25) is 4.79 Å². The van der Waals surface area contributed by atoms with Crippen LogP contribution in [0.5, 0.6) is 0 Å². The van der Waals surface area contributed by atoms with E-state index < -0.39 is 23.9 Å². The van der Waals surface area contributed by atoms with Crippen molar-refractivity contribution in [2.75, 3.05) is 13.7 Å². The van der Waals surface area contributed by atoms with Gasteiger partial charge < -0.3 is 20.3 Å². The van der Waals surface area contributed by atoms with Gasteiger partial charge in [-0.05, 0) is 12.1 Å². The van der Waals surface area contributed by atoms with Crippen LogP contribution < -0.4 is 5.32 Å². The number of aliphatic hydroxyl groups excluding tert-OH is 1. The molecule has 19 heavy (non-hydrogen) atoms. The lowest BCUT2D eigenvalue weighted by molar-refractivity contribution is -0.149. The summed E-state index contributed by atoms with van der Waals surface area (Å²) in [7, 11) is 1.10. The number of carboxylic acids is 1. The van der Waals surface area contributed by atoms with Gasteiger partial charge in [0.15, 0.2) is 6.10 Å². The van der Waals surface area contributed by atoms with Crippen LogP contribution in [0.2, 0.25) is 0 Å². The van der Waals surface area contributed by atoms with E-state index in [1.165, 1.54) is 24.3 Å². The molecule has 0 aromatic heterocycles. The van der Waals surface area contributed by atoms with Gasteiger partial charge in [0.25, 0.3) is 5.91 Å². The Kier molecular flexibility index (Phi) is 5.01. The molecule has 1 aromatic carbocycles. The lowest BCUT2D eigenvalue weighted by Crippen LogP contribution is -2.37. The fourth-order valence-corrected chi connectivity index (χ4v) is 1.37. The average molecular weight is 267 g/mol. The molecule has 0 aliphatic rings. The summed E-state index contributed by atoms with van der Waals surface area (Å²) in [5, 5.41) is 20.5. The van der Waals surface area contributed by atoms with Crippen LogP contribution in [0, 0.1) is 0 Å². The summed E-state index contributed by atoms with van der Waals surface area (Å²) < 4.78 is 4.28. The van der Waals surface area contributed by atoms with Gasteiger partial charge in [-0.15, -0.1) is 0 Å². The quantitative estimate of drug-likeness (QED) is 0.628. The second-order valence-electron chi connectivity index (χ2n) is 3.60. The van der Waals surface area contributed by atoms with Crippen LogP contribution in [0.25, 0.3) is 0 Å². The van der Waals surface area contributed by atoms with Crippen molar-refractivity contribution in [3.63, 3.8) is 0 Å². The molecule has 1 rings (SSSR count). The number of carbonyl (C=O) groups excluding carboxylic acids is 2. The monoisotopic (exact) mass is 267 g/mol. The highest BCUT2D eigenvalue weighted by atomic mass is 16.5. The number of hydrogen-bond acceptors (Lipinski definition) is 5. The molecule has 1 unspecified atom stereocenters. The van der Waals surface area contributed by atoms with Gasteiger partial charge >= 0.3 is 11.9 Å². The van der Waals surface area contributed by atoms with Crippen LogP contribution in [0.3, 0.4) is 0 Å². The zero-order chi connectivity index (χ0) is 14.4.